The average Bonchev–Trinajstić information content (AvgIpc) is 2.76. The summed E-state index contributed by atoms with van der Waals surface area (Å²) in [6, 6.07) is 15.8. The van der Waals surface area contributed by atoms with Crippen molar-refractivity contribution in [2.24, 2.45) is 0 Å². The molecule has 0 aliphatic carbocycles. The van der Waals surface area contributed by atoms with Crippen LogP contribution in [0.15, 0.2) is 83.4 Å². The van der Waals surface area contributed by atoms with Gasteiger partial charge in [0.1, 0.15) is 0 Å². The first-order valence-corrected chi connectivity index (χ1v) is 10.3. The molecule has 0 aliphatic heterocycles. The molecule has 9 nitrogen and oxygen atoms in total. The van der Waals surface area contributed by atoms with Crippen molar-refractivity contribution in [3.63, 3.8) is 0 Å². The van der Waals surface area contributed by atoms with Crippen LogP contribution in [0.25, 0.3) is 6.08 Å². The summed E-state index contributed by atoms with van der Waals surface area (Å²) in [5.41, 5.74) is -0.145. The van der Waals surface area contributed by atoms with Gasteiger partial charge in [-0.1, -0.05) is 36.4 Å². The van der Waals surface area contributed by atoms with Crippen molar-refractivity contribution < 1.29 is 28.3 Å². The topological polar surface area (TPSA) is 147 Å². The summed E-state index contributed by atoms with van der Waals surface area (Å²) in [4.78, 5) is 22.8. The van der Waals surface area contributed by atoms with Gasteiger partial charge in [0.25, 0.3) is 15.7 Å². The number of carbonyl (C=O) groups excluding carboxylic acids is 1. The molecule has 0 bridgehead atoms. The summed E-state index contributed by atoms with van der Waals surface area (Å²) >= 11 is 0. The SMILES string of the molecule is O=C(C(=Cc1ccc(O)c(O)c1)NS(=O)(=O)c1ccc([N+](=O)[O-])cc1)c1ccccc1. The van der Waals surface area contributed by atoms with Crippen LogP contribution in [-0.2, 0) is 10.0 Å². The molecule has 0 aliphatic rings. The third kappa shape index (κ3) is 5.06. The van der Waals surface area contributed by atoms with E-state index in [-0.39, 0.29) is 33.2 Å². The minimum Gasteiger partial charge on any atom is -0.504 e. The number of nitrogens with zero attached hydrogens (tertiary/aromatic N) is 1. The number of rotatable bonds is 7. The number of nitro benzene ring substituents is 1. The van der Waals surface area contributed by atoms with Crippen LogP contribution in [0.3, 0.4) is 0 Å². The van der Waals surface area contributed by atoms with E-state index in [1.54, 1.807) is 18.2 Å². The van der Waals surface area contributed by atoms with Gasteiger partial charge in [0.15, 0.2) is 11.5 Å². The van der Waals surface area contributed by atoms with Gasteiger partial charge < -0.3 is 10.2 Å². The number of aromatic hydroxyl groups is 2. The van der Waals surface area contributed by atoms with E-state index < -0.39 is 26.5 Å². The lowest BCUT2D eigenvalue weighted by atomic mass is 10.1. The average molecular weight is 440 g/mol. The Balaban J connectivity index is 2.03. The number of nitro groups is 1. The zero-order valence-corrected chi connectivity index (χ0v) is 16.6. The molecule has 0 atom stereocenters. The summed E-state index contributed by atoms with van der Waals surface area (Å²) < 4.78 is 27.8. The number of hydrogen-bond donors (Lipinski definition) is 3. The fourth-order valence-corrected chi connectivity index (χ4v) is 3.69. The van der Waals surface area contributed by atoms with Crippen LogP contribution >= 0.6 is 0 Å². The van der Waals surface area contributed by atoms with Crippen molar-refractivity contribution in [1.82, 2.24) is 4.72 Å². The second-order valence-electron chi connectivity index (χ2n) is 6.36. The molecule has 0 saturated heterocycles. The maximum absolute atomic E-state index is 13.0. The van der Waals surface area contributed by atoms with Crippen molar-refractivity contribution in [2.45, 2.75) is 4.90 Å². The van der Waals surface area contributed by atoms with Gasteiger partial charge in [-0.15, -0.1) is 0 Å². The zero-order chi connectivity index (χ0) is 22.6. The lowest BCUT2D eigenvalue weighted by Crippen LogP contribution is -2.27. The molecule has 158 valence electrons. The van der Waals surface area contributed by atoms with Crippen molar-refractivity contribution in [3.05, 3.63) is 99.7 Å². The highest BCUT2D eigenvalue weighted by Gasteiger charge is 2.22. The molecule has 0 amide bonds. The highest BCUT2D eigenvalue weighted by Crippen LogP contribution is 2.26. The molecule has 0 heterocycles. The normalized spacial score (nSPS) is 11.7. The molecule has 0 fully saturated rings. The van der Waals surface area contributed by atoms with E-state index in [0.29, 0.717) is 0 Å². The minimum absolute atomic E-state index is 0.211. The molecule has 10 heteroatoms. The Morgan fingerprint density at radius 3 is 2.16 bits per heavy atom. The van der Waals surface area contributed by atoms with E-state index in [1.165, 1.54) is 30.3 Å². The van der Waals surface area contributed by atoms with Gasteiger partial charge in [-0.3, -0.25) is 19.6 Å². The molecule has 0 radical (unpaired) electrons. The first kappa shape index (κ1) is 21.5. The first-order chi connectivity index (χ1) is 14.7. The summed E-state index contributed by atoms with van der Waals surface area (Å²) in [6.07, 6.45) is 1.21. The summed E-state index contributed by atoms with van der Waals surface area (Å²) in [5.74, 6) is -1.46. The van der Waals surface area contributed by atoms with Crippen LogP contribution in [0.4, 0.5) is 5.69 Å². The molecular formula is C21H16N2O7S. The van der Waals surface area contributed by atoms with E-state index in [4.69, 9.17) is 0 Å². The Hall–Kier alpha value is -4.18. The van der Waals surface area contributed by atoms with Crippen LogP contribution < -0.4 is 4.72 Å². The maximum Gasteiger partial charge on any atom is 0.269 e. The van der Waals surface area contributed by atoms with Gasteiger partial charge in [-0.25, -0.2) is 8.42 Å². The Morgan fingerprint density at radius 1 is 0.935 bits per heavy atom. The van der Waals surface area contributed by atoms with E-state index >= 15 is 0 Å². The lowest BCUT2D eigenvalue weighted by molar-refractivity contribution is -0.384. The van der Waals surface area contributed by atoms with Gasteiger partial charge in [0.05, 0.1) is 15.5 Å². The molecule has 31 heavy (non-hydrogen) atoms. The number of benzene rings is 3. The summed E-state index contributed by atoms with van der Waals surface area (Å²) in [7, 11) is -4.27. The third-order valence-electron chi connectivity index (χ3n) is 4.19. The van der Waals surface area contributed by atoms with E-state index in [2.05, 4.69) is 4.72 Å². The molecule has 0 unspecified atom stereocenters. The highest BCUT2D eigenvalue weighted by atomic mass is 32.2. The number of non-ortho nitro benzene ring substituents is 1. The number of allylic oxidation sites excluding steroid dienone is 1. The van der Waals surface area contributed by atoms with Crippen LogP contribution in [0.5, 0.6) is 11.5 Å². The van der Waals surface area contributed by atoms with Gasteiger partial charge >= 0.3 is 0 Å². The zero-order valence-electron chi connectivity index (χ0n) is 15.8. The fourth-order valence-electron chi connectivity index (χ4n) is 2.63. The Kier molecular flexibility index (Phi) is 6.02. The molecule has 0 spiro atoms. The standard InChI is InChI=1S/C21H16N2O7S/c24-19-11-6-14(13-20(19)25)12-18(21(26)15-4-2-1-3-5-15)22-31(29,30)17-9-7-16(8-10-17)23(27)28/h1-13,22,24-25H. The molecule has 3 N–H and O–H groups in total. The Labute approximate surface area is 177 Å². The van der Waals surface area contributed by atoms with Crippen LogP contribution in [0.1, 0.15) is 15.9 Å². The van der Waals surface area contributed by atoms with Crippen molar-refractivity contribution in [3.8, 4) is 11.5 Å². The van der Waals surface area contributed by atoms with Gasteiger partial charge in [0, 0.05) is 17.7 Å². The summed E-state index contributed by atoms with van der Waals surface area (Å²) in [6.45, 7) is 0. The van der Waals surface area contributed by atoms with E-state index in [0.717, 1.165) is 30.3 Å². The quantitative estimate of drug-likeness (QED) is 0.168. The van der Waals surface area contributed by atoms with Crippen LogP contribution in [0.2, 0.25) is 0 Å². The maximum atomic E-state index is 13.0. The lowest BCUT2D eigenvalue weighted by Gasteiger charge is -2.12. The minimum atomic E-state index is -4.27. The predicted molar refractivity (Wildman–Crippen MR) is 112 cm³/mol. The van der Waals surface area contributed by atoms with Crippen LogP contribution in [-0.4, -0.2) is 29.3 Å². The first-order valence-electron chi connectivity index (χ1n) is 8.78. The monoisotopic (exact) mass is 440 g/mol. The number of nitrogens with one attached hydrogen (secondary N) is 1. The van der Waals surface area contributed by atoms with Gasteiger partial charge in [0.2, 0.25) is 5.78 Å². The second kappa shape index (κ2) is 8.67. The number of ketones is 1. The Morgan fingerprint density at radius 2 is 1.58 bits per heavy atom. The number of phenolic OH excluding ortho intramolecular Hbond substituents is 2. The third-order valence-corrected chi connectivity index (χ3v) is 5.57. The molecular weight excluding hydrogens is 424 g/mol. The number of Topliss-reactive ketones (excluding diaryl/α,β-unsaturated/α-hetero) is 1. The largest absolute Gasteiger partial charge is 0.504 e. The second-order valence-corrected chi connectivity index (χ2v) is 8.04. The van der Waals surface area contributed by atoms with Crippen molar-refractivity contribution in [2.75, 3.05) is 0 Å². The molecule has 0 aromatic heterocycles. The number of hydrogen-bond acceptors (Lipinski definition) is 7. The number of carbonyl (C=O) groups is 1. The Bertz CT molecular complexity index is 1270. The number of sulfonamides is 1. The van der Waals surface area contributed by atoms with E-state index in [1.807, 2.05) is 0 Å². The summed E-state index contributed by atoms with van der Waals surface area (Å²) in [5, 5.41) is 29.9. The number of phenols is 2. The van der Waals surface area contributed by atoms with Crippen molar-refractivity contribution >= 4 is 27.6 Å². The van der Waals surface area contributed by atoms with Crippen LogP contribution in [0, 0.1) is 10.1 Å². The predicted octanol–water partition coefficient (Wildman–Crippen LogP) is 3.21. The smallest absolute Gasteiger partial charge is 0.269 e. The van der Waals surface area contributed by atoms with Crippen molar-refractivity contribution in [1.29, 1.82) is 0 Å². The van der Waals surface area contributed by atoms with E-state index in [9.17, 15) is 33.5 Å². The molecule has 3 aromatic rings. The van der Waals surface area contributed by atoms with Gasteiger partial charge in [-0.05, 0) is 35.9 Å². The fraction of sp³-hybridized carbons (Fsp3) is 0. The highest BCUT2D eigenvalue weighted by molar-refractivity contribution is 7.89. The molecule has 0 saturated carbocycles. The molecule has 3 rings (SSSR count). The van der Waals surface area contributed by atoms with Gasteiger partial charge in [-0.2, -0.15) is 0 Å². The molecule has 3 aromatic carbocycles.